The van der Waals surface area contributed by atoms with Crippen molar-refractivity contribution >= 4 is 22.6 Å². The lowest BCUT2D eigenvalue weighted by molar-refractivity contribution is 0.0666. The lowest BCUT2D eigenvalue weighted by Gasteiger charge is -2.44. The number of nitrogens with zero attached hydrogens (tertiary/aromatic N) is 6. The molecule has 0 unspecified atom stereocenters. The van der Waals surface area contributed by atoms with E-state index < -0.39 is 0 Å². The van der Waals surface area contributed by atoms with E-state index in [0.717, 1.165) is 49.9 Å². The molecule has 0 saturated carbocycles. The molecule has 1 spiro atoms. The molecular formula is C15H21N7OS. The zero-order chi connectivity index (χ0) is 16.7. The number of carbonyl (C=O) groups excluding carboxylic acids is 1. The van der Waals surface area contributed by atoms with Crippen molar-refractivity contribution in [1.82, 2.24) is 29.7 Å². The summed E-state index contributed by atoms with van der Waals surface area (Å²) in [4.78, 5) is 21.5. The monoisotopic (exact) mass is 347 g/mol. The van der Waals surface area contributed by atoms with Crippen LogP contribution in [0.1, 0.15) is 47.7 Å². The summed E-state index contributed by atoms with van der Waals surface area (Å²) in [7, 11) is 0. The number of hydrogen-bond donors (Lipinski definition) is 1. The fourth-order valence-electron chi connectivity index (χ4n) is 3.91. The average Bonchev–Trinajstić information content (AvgIpc) is 3.28. The molecule has 0 radical (unpaired) electrons. The summed E-state index contributed by atoms with van der Waals surface area (Å²) in [6.45, 7) is 6.27. The molecule has 2 aromatic rings. The summed E-state index contributed by atoms with van der Waals surface area (Å²) in [6.07, 6.45) is 4.27. The highest BCUT2D eigenvalue weighted by Gasteiger charge is 2.45. The number of amides is 1. The molecule has 2 aliphatic rings. The first-order chi connectivity index (χ1) is 11.6. The van der Waals surface area contributed by atoms with Crippen LogP contribution < -0.4 is 4.90 Å². The van der Waals surface area contributed by atoms with Gasteiger partial charge in [0, 0.05) is 36.7 Å². The zero-order valence-electron chi connectivity index (χ0n) is 13.9. The first kappa shape index (κ1) is 15.5. The second-order valence-electron chi connectivity index (χ2n) is 6.65. The van der Waals surface area contributed by atoms with Crippen LogP contribution in [0.3, 0.4) is 0 Å². The van der Waals surface area contributed by atoms with Gasteiger partial charge in [-0.2, -0.15) is 19.8 Å². The quantitative estimate of drug-likeness (QED) is 0.886. The lowest BCUT2D eigenvalue weighted by atomic mass is 9.85. The van der Waals surface area contributed by atoms with Crippen molar-refractivity contribution in [2.75, 3.05) is 24.5 Å². The summed E-state index contributed by atoms with van der Waals surface area (Å²) < 4.78 is 4.33. The number of carbonyl (C=O) groups is 1. The minimum atomic E-state index is -0.0209. The van der Waals surface area contributed by atoms with Gasteiger partial charge >= 0.3 is 0 Å². The van der Waals surface area contributed by atoms with Gasteiger partial charge in [0.25, 0.3) is 5.91 Å². The number of nitrogens with one attached hydrogen (secondary N) is 1. The van der Waals surface area contributed by atoms with Gasteiger partial charge in [-0.3, -0.25) is 4.79 Å². The Hall–Kier alpha value is -2.03. The van der Waals surface area contributed by atoms with Gasteiger partial charge in [0.2, 0.25) is 5.13 Å². The third-order valence-electron chi connectivity index (χ3n) is 5.25. The molecule has 8 nitrogen and oxygen atoms in total. The molecule has 0 bridgehead atoms. The Morgan fingerprint density at radius 2 is 1.96 bits per heavy atom. The normalized spacial score (nSPS) is 20.1. The first-order valence-corrected chi connectivity index (χ1v) is 9.11. The van der Waals surface area contributed by atoms with Gasteiger partial charge in [-0.15, -0.1) is 0 Å². The number of rotatable bonds is 2. The highest BCUT2D eigenvalue weighted by molar-refractivity contribution is 7.09. The van der Waals surface area contributed by atoms with Crippen LogP contribution in [0.5, 0.6) is 0 Å². The minimum Gasteiger partial charge on any atom is -0.341 e. The first-order valence-electron chi connectivity index (χ1n) is 8.34. The van der Waals surface area contributed by atoms with Crippen molar-refractivity contribution in [3.8, 4) is 0 Å². The number of hydrogen-bond acceptors (Lipinski definition) is 7. The molecule has 0 aromatic carbocycles. The van der Waals surface area contributed by atoms with E-state index in [1.165, 1.54) is 18.0 Å². The molecule has 0 atom stereocenters. The van der Waals surface area contributed by atoms with Crippen LogP contribution in [0.15, 0.2) is 0 Å². The van der Waals surface area contributed by atoms with E-state index in [9.17, 15) is 4.79 Å². The van der Waals surface area contributed by atoms with Crippen molar-refractivity contribution in [3.05, 3.63) is 17.2 Å². The van der Waals surface area contributed by atoms with Crippen LogP contribution in [0.4, 0.5) is 5.13 Å². The summed E-state index contributed by atoms with van der Waals surface area (Å²) in [5.41, 5.74) is 1.22. The maximum atomic E-state index is 12.6. The maximum Gasteiger partial charge on any atom is 0.276 e. The molecule has 1 N–H and O–H groups in total. The Morgan fingerprint density at radius 1 is 1.17 bits per heavy atom. The van der Waals surface area contributed by atoms with E-state index in [1.54, 1.807) is 6.92 Å². The van der Waals surface area contributed by atoms with Gasteiger partial charge < -0.3 is 9.80 Å². The van der Waals surface area contributed by atoms with Gasteiger partial charge in [-0.25, -0.2) is 4.98 Å². The molecule has 4 rings (SSSR count). The van der Waals surface area contributed by atoms with Crippen molar-refractivity contribution in [2.24, 2.45) is 0 Å². The van der Waals surface area contributed by atoms with Crippen molar-refractivity contribution in [1.29, 1.82) is 0 Å². The fourth-order valence-corrected chi connectivity index (χ4v) is 4.73. The van der Waals surface area contributed by atoms with Crippen LogP contribution in [-0.2, 0) is 0 Å². The van der Waals surface area contributed by atoms with E-state index in [0.29, 0.717) is 11.4 Å². The summed E-state index contributed by atoms with van der Waals surface area (Å²) in [6, 6.07) is 0. The fraction of sp³-hybridized carbons (Fsp3) is 0.667. The molecule has 9 heteroatoms. The molecule has 1 amide bonds. The molecule has 2 saturated heterocycles. The molecule has 2 aliphatic heterocycles. The maximum absolute atomic E-state index is 12.6. The van der Waals surface area contributed by atoms with E-state index >= 15 is 0 Å². The van der Waals surface area contributed by atoms with Gasteiger partial charge in [0.15, 0.2) is 5.69 Å². The summed E-state index contributed by atoms with van der Waals surface area (Å²) >= 11 is 1.48. The highest BCUT2D eigenvalue weighted by Crippen LogP contribution is 2.42. The number of likely N-dealkylation sites (tertiary alicyclic amines) is 1. The van der Waals surface area contributed by atoms with Crippen LogP contribution in [0, 0.1) is 13.8 Å². The zero-order valence-corrected chi connectivity index (χ0v) is 14.8. The van der Waals surface area contributed by atoms with Crippen molar-refractivity contribution in [3.63, 3.8) is 0 Å². The Balaban J connectivity index is 1.49. The number of aromatic amines is 1. The third-order valence-corrected chi connectivity index (χ3v) is 6.08. The predicted molar refractivity (Wildman–Crippen MR) is 90.2 cm³/mol. The third kappa shape index (κ3) is 2.47. The second-order valence-corrected chi connectivity index (χ2v) is 7.38. The lowest BCUT2D eigenvalue weighted by Crippen LogP contribution is -2.53. The number of H-pyrrole nitrogens is 1. The molecular weight excluding hydrogens is 326 g/mol. The predicted octanol–water partition coefficient (Wildman–Crippen LogP) is 1.55. The van der Waals surface area contributed by atoms with E-state index in [-0.39, 0.29) is 11.4 Å². The highest BCUT2D eigenvalue weighted by atomic mass is 32.1. The number of aryl methyl sites for hydroxylation is 2. The Bertz CT molecular complexity index is 747. The Kier molecular flexibility index (Phi) is 3.75. The molecule has 4 heterocycles. The molecule has 128 valence electrons. The Labute approximate surface area is 144 Å². The van der Waals surface area contributed by atoms with Gasteiger partial charge in [-0.1, -0.05) is 0 Å². The van der Waals surface area contributed by atoms with Gasteiger partial charge in [0.1, 0.15) is 5.82 Å². The SMILES string of the molecule is Cc1nsc(N2CCCC23CCN(C(=O)c2n[nH]nc2C)CC3)n1. The van der Waals surface area contributed by atoms with Crippen molar-refractivity contribution in [2.45, 2.75) is 45.1 Å². The smallest absolute Gasteiger partial charge is 0.276 e. The molecule has 2 fully saturated rings. The van der Waals surface area contributed by atoms with E-state index in [4.69, 9.17) is 0 Å². The number of piperidine rings is 1. The topological polar surface area (TPSA) is 90.9 Å². The number of anilines is 1. The van der Waals surface area contributed by atoms with Crippen LogP contribution in [0.25, 0.3) is 0 Å². The standard InChI is InChI=1S/C15H21N7OS/c1-10-12(18-20-17-10)13(23)21-8-5-15(6-9-21)4-3-7-22(15)14-16-11(2)19-24-14/h3-9H2,1-2H3,(H,17,18,20). The minimum absolute atomic E-state index is 0.0209. The van der Waals surface area contributed by atoms with Crippen LogP contribution in [-0.4, -0.2) is 60.7 Å². The molecule has 24 heavy (non-hydrogen) atoms. The summed E-state index contributed by atoms with van der Waals surface area (Å²) in [5, 5.41) is 11.5. The van der Waals surface area contributed by atoms with Crippen LogP contribution in [0.2, 0.25) is 0 Å². The second kappa shape index (κ2) is 5.80. The van der Waals surface area contributed by atoms with E-state index in [2.05, 4.69) is 29.7 Å². The van der Waals surface area contributed by atoms with E-state index in [1.807, 2.05) is 11.8 Å². The molecule has 2 aromatic heterocycles. The molecule has 0 aliphatic carbocycles. The largest absolute Gasteiger partial charge is 0.341 e. The Morgan fingerprint density at radius 3 is 2.58 bits per heavy atom. The van der Waals surface area contributed by atoms with Gasteiger partial charge in [0.05, 0.1) is 5.69 Å². The van der Waals surface area contributed by atoms with Crippen LogP contribution >= 0.6 is 11.5 Å². The van der Waals surface area contributed by atoms with Crippen molar-refractivity contribution < 1.29 is 4.79 Å². The summed E-state index contributed by atoms with van der Waals surface area (Å²) in [5.74, 6) is 0.818. The average molecular weight is 347 g/mol. The number of aromatic nitrogens is 5. The van der Waals surface area contributed by atoms with Gasteiger partial charge in [-0.05, 0) is 39.5 Å².